The zero-order valence-corrected chi connectivity index (χ0v) is 14.7. The first-order valence-corrected chi connectivity index (χ1v) is 9.59. The Hall–Kier alpha value is -0.0800. The summed E-state index contributed by atoms with van der Waals surface area (Å²) in [5, 5.41) is 21.4. The Bertz CT molecular complexity index is 468. The highest BCUT2D eigenvalue weighted by Crippen LogP contribution is 2.72. The van der Waals surface area contributed by atoms with Crippen molar-refractivity contribution in [1.29, 1.82) is 0 Å². The third-order valence-electron chi connectivity index (χ3n) is 8.81. The normalized spacial score (nSPS) is 56.3. The van der Waals surface area contributed by atoms with E-state index in [0.717, 1.165) is 6.42 Å². The van der Waals surface area contributed by atoms with Crippen LogP contribution in [-0.2, 0) is 0 Å². The van der Waals surface area contributed by atoms with Gasteiger partial charge in [-0.05, 0) is 86.9 Å². The van der Waals surface area contributed by atoms with Gasteiger partial charge in [0, 0.05) is 12.0 Å². The van der Waals surface area contributed by atoms with Crippen molar-refractivity contribution in [3.63, 3.8) is 0 Å². The summed E-state index contributed by atoms with van der Waals surface area (Å²) in [5.74, 6) is 1.83. The fourth-order valence-corrected chi connectivity index (χ4v) is 8.08. The highest BCUT2D eigenvalue weighted by atomic mass is 16.3. The largest absolute Gasteiger partial charge is 0.396 e. The Morgan fingerprint density at radius 2 is 1.73 bits per heavy atom. The summed E-state index contributed by atoms with van der Waals surface area (Å²) in [4.78, 5) is 0. The summed E-state index contributed by atoms with van der Waals surface area (Å²) in [6.07, 6.45) is 11.0. The monoisotopic (exact) mass is 306 g/mol. The minimum absolute atomic E-state index is 0.144. The zero-order valence-electron chi connectivity index (χ0n) is 14.7. The molecule has 4 aliphatic rings. The number of rotatable bonds is 1. The third kappa shape index (κ3) is 1.80. The molecule has 0 aromatic rings. The Balaban J connectivity index is 1.76. The second-order valence-corrected chi connectivity index (χ2v) is 10.3. The Kier molecular flexibility index (Phi) is 3.16. The van der Waals surface area contributed by atoms with E-state index in [1.807, 2.05) is 0 Å². The van der Waals surface area contributed by atoms with Crippen molar-refractivity contribution in [1.82, 2.24) is 0 Å². The van der Waals surface area contributed by atoms with Gasteiger partial charge in [-0.15, -0.1) is 0 Å². The molecule has 4 rings (SSSR count). The van der Waals surface area contributed by atoms with E-state index in [9.17, 15) is 10.2 Å². The summed E-state index contributed by atoms with van der Waals surface area (Å²) >= 11 is 0. The average Bonchev–Trinajstić information content (AvgIpc) is 2.63. The topological polar surface area (TPSA) is 40.5 Å². The molecule has 6 atom stereocenters. The van der Waals surface area contributed by atoms with Crippen LogP contribution in [-0.4, -0.2) is 22.4 Å². The SMILES string of the molecule is CC1(C)CCCC2(CO)C1CCC13CC(CCC12)C(C)(O)C3. The van der Waals surface area contributed by atoms with Crippen molar-refractivity contribution < 1.29 is 10.2 Å². The maximum atomic E-state index is 10.9. The number of hydrogen-bond acceptors (Lipinski definition) is 2. The van der Waals surface area contributed by atoms with E-state index in [0.29, 0.717) is 35.2 Å². The van der Waals surface area contributed by atoms with Crippen molar-refractivity contribution in [2.45, 2.75) is 84.2 Å². The molecular weight excluding hydrogens is 272 g/mol. The van der Waals surface area contributed by atoms with Crippen LogP contribution in [0.2, 0.25) is 0 Å². The molecule has 2 nitrogen and oxygen atoms in total. The van der Waals surface area contributed by atoms with Crippen LogP contribution in [0.3, 0.4) is 0 Å². The van der Waals surface area contributed by atoms with Gasteiger partial charge in [0.15, 0.2) is 0 Å². The van der Waals surface area contributed by atoms with Gasteiger partial charge in [-0.25, -0.2) is 0 Å². The molecule has 2 bridgehead atoms. The fraction of sp³-hybridized carbons (Fsp3) is 1.00. The smallest absolute Gasteiger partial charge is 0.0653 e. The number of aliphatic hydroxyl groups is 2. The first-order valence-electron chi connectivity index (χ1n) is 9.59. The first kappa shape index (κ1) is 15.4. The van der Waals surface area contributed by atoms with E-state index in [4.69, 9.17) is 0 Å². The first-order chi connectivity index (χ1) is 10.3. The highest BCUT2D eigenvalue weighted by Gasteiger charge is 2.67. The van der Waals surface area contributed by atoms with Gasteiger partial charge < -0.3 is 10.2 Å². The average molecular weight is 306 g/mol. The quantitative estimate of drug-likeness (QED) is 0.764. The Morgan fingerprint density at radius 3 is 2.45 bits per heavy atom. The van der Waals surface area contributed by atoms with Crippen LogP contribution in [0.25, 0.3) is 0 Å². The minimum Gasteiger partial charge on any atom is -0.396 e. The third-order valence-corrected chi connectivity index (χ3v) is 8.81. The molecule has 0 aliphatic heterocycles. The molecule has 0 saturated heterocycles. The molecule has 0 radical (unpaired) electrons. The van der Waals surface area contributed by atoms with Crippen molar-refractivity contribution >= 4 is 0 Å². The predicted molar refractivity (Wildman–Crippen MR) is 88.4 cm³/mol. The van der Waals surface area contributed by atoms with E-state index in [1.165, 1.54) is 51.4 Å². The molecule has 0 amide bonds. The van der Waals surface area contributed by atoms with Gasteiger partial charge in [0.1, 0.15) is 0 Å². The summed E-state index contributed by atoms with van der Waals surface area (Å²) in [6.45, 7) is 7.34. The lowest BCUT2D eigenvalue weighted by Gasteiger charge is -2.64. The summed E-state index contributed by atoms with van der Waals surface area (Å²) in [7, 11) is 0. The molecule has 22 heavy (non-hydrogen) atoms. The lowest BCUT2D eigenvalue weighted by molar-refractivity contribution is -0.174. The molecule has 4 saturated carbocycles. The Morgan fingerprint density at radius 1 is 0.955 bits per heavy atom. The fourth-order valence-electron chi connectivity index (χ4n) is 8.08. The lowest BCUT2D eigenvalue weighted by atomic mass is 9.41. The van der Waals surface area contributed by atoms with E-state index in [-0.39, 0.29) is 5.41 Å². The van der Waals surface area contributed by atoms with E-state index < -0.39 is 5.60 Å². The minimum atomic E-state index is -0.456. The number of fused-ring (bicyclic) bond motifs is 3. The van der Waals surface area contributed by atoms with Crippen LogP contribution < -0.4 is 0 Å². The van der Waals surface area contributed by atoms with Crippen molar-refractivity contribution in [3.05, 3.63) is 0 Å². The standard InChI is InChI=1S/C20H34O2/c1-17(2)8-4-9-20(13-21)15(17)7-10-19-11-14(5-6-16(19)20)18(3,22)12-19/h14-16,21-22H,4-13H2,1-3H3. The van der Waals surface area contributed by atoms with Gasteiger partial charge >= 0.3 is 0 Å². The van der Waals surface area contributed by atoms with Crippen LogP contribution in [0, 0.1) is 34.0 Å². The van der Waals surface area contributed by atoms with Gasteiger partial charge in [-0.3, -0.25) is 0 Å². The van der Waals surface area contributed by atoms with Crippen LogP contribution in [0.4, 0.5) is 0 Å². The maximum absolute atomic E-state index is 10.9. The Labute approximate surface area is 135 Å². The van der Waals surface area contributed by atoms with E-state index >= 15 is 0 Å². The van der Waals surface area contributed by atoms with Gasteiger partial charge in [0.25, 0.3) is 0 Å². The maximum Gasteiger partial charge on any atom is 0.0653 e. The molecule has 6 unspecified atom stereocenters. The van der Waals surface area contributed by atoms with Gasteiger partial charge in [0.2, 0.25) is 0 Å². The second kappa shape index (κ2) is 4.51. The van der Waals surface area contributed by atoms with Gasteiger partial charge in [0.05, 0.1) is 5.60 Å². The van der Waals surface area contributed by atoms with Crippen LogP contribution in [0.15, 0.2) is 0 Å². The van der Waals surface area contributed by atoms with E-state index in [1.54, 1.807) is 0 Å². The van der Waals surface area contributed by atoms with Crippen LogP contribution >= 0.6 is 0 Å². The van der Waals surface area contributed by atoms with Gasteiger partial charge in [-0.2, -0.15) is 0 Å². The molecule has 0 aromatic heterocycles. The van der Waals surface area contributed by atoms with Crippen molar-refractivity contribution in [3.8, 4) is 0 Å². The lowest BCUT2D eigenvalue weighted by Crippen LogP contribution is -2.58. The molecule has 4 aliphatic carbocycles. The van der Waals surface area contributed by atoms with E-state index in [2.05, 4.69) is 20.8 Å². The molecule has 4 fully saturated rings. The summed E-state index contributed by atoms with van der Waals surface area (Å²) in [5.41, 5.74) is 0.396. The molecular formula is C20H34O2. The molecule has 126 valence electrons. The van der Waals surface area contributed by atoms with Crippen LogP contribution in [0.1, 0.15) is 78.6 Å². The molecule has 0 heterocycles. The molecule has 0 aromatic carbocycles. The van der Waals surface area contributed by atoms with Crippen molar-refractivity contribution in [2.75, 3.05) is 6.61 Å². The summed E-state index contributed by atoms with van der Waals surface area (Å²) in [6, 6.07) is 0. The summed E-state index contributed by atoms with van der Waals surface area (Å²) < 4.78 is 0. The second-order valence-electron chi connectivity index (χ2n) is 10.3. The molecule has 2 N–H and O–H groups in total. The van der Waals surface area contributed by atoms with Crippen molar-refractivity contribution in [2.24, 2.45) is 34.0 Å². The number of aliphatic hydroxyl groups excluding tert-OH is 1. The highest BCUT2D eigenvalue weighted by molar-refractivity contribution is 5.16. The predicted octanol–water partition coefficient (Wildman–Crippen LogP) is 4.14. The number of hydrogen-bond donors (Lipinski definition) is 2. The van der Waals surface area contributed by atoms with Crippen LogP contribution in [0.5, 0.6) is 0 Å². The van der Waals surface area contributed by atoms with Gasteiger partial charge in [-0.1, -0.05) is 20.3 Å². The molecule has 1 spiro atoms. The zero-order chi connectivity index (χ0) is 15.8. The molecule has 2 heteroatoms.